The Morgan fingerprint density at radius 3 is 3.04 bits per heavy atom. The highest BCUT2D eigenvalue weighted by molar-refractivity contribution is 5.92. The van der Waals surface area contributed by atoms with Crippen molar-refractivity contribution in [1.82, 2.24) is 15.1 Å². The summed E-state index contributed by atoms with van der Waals surface area (Å²) in [6.45, 7) is 0.729. The number of hydrogen-bond acceptors (Lipinski definition) is 4. The van der Waals surface area contributed by atoms with Gasteiger partial charge in [0.15, 0.2) is 0 Å². The fraction of sp³-hybridized carbons (Fsp3) is 0.375. The Bertz CT molecular complexity index is 677. The first-order valence-electron chi connectivity index (χ1n) is 7.40. The smallest absolute Gasteiger partial charge is 0.272 e. The summed E-state index contributed by atoms with van der Waals surface area (Å²) in [4.78, 5) is 14.0. The zero-order chi connectivity index (χ0) is 16.3. The highest BCUT2D eigenvalue weighted by Crippen LogP contribution is 2.24. The third-order valence-corrected chi connectivity index (χ3v) is 3.97. The lowest BCUT2D eigenvalue weighted by Gasteiger charge is -2.41. The molecule has 2 heterocycles. The zero-order valence-electron chi connectivity index (χ0n) is 12.5. The molecule has 0 spiro atoms. The topological polar surface area (TPSA) is 78.5 Å². The predicted molar refractivity (Wildman–Crippen MR) is 80.4 cm³/mol. The first-order chi connectivity index (χ1) is 11.1. The number of morpholine rings is 1. The van der Waals surface area contributed by atoms with E-state index < -0.39 is 5.60 Å². The van der Waals surface area contributed by atoms with Crippen LogP contribution in [0.15, 0.2) is 36.5 Å². The number of nitrogens with zero attached hydrogens (tertiary/aromatic N) is 2. The molecule has 1 unspecified atom stereocenters. The number of aromatic nitrogens is 2. The van der Waals surface area contributed by atoms with Crippen LogP contribution in [0.1, 0.15) is 16.1 Å². The molecule has 2 N–H and O–H groups in total. The van der Waals surface area contributed by atoms with E-state index in [-0.39, 0.29) is 24.9 Å². The van der Waals surface area contributed by atoms with Gasteiger partial charge in [-0.2, -0.15) is 5.10 Å². The number of benzene rings is 1. The molecule has 23 heavy (non-hydrogen) atoms. The van der Waals surface area contributed by atoms with E-state index in [1.165, 1.54) is 18.3 Å². The number of aliphatic hydroxyl groups excluding tert-OH is 1. The number of hydrogen-bond donors (Lipinski definition) is 2. The van der Waals surface area contributed by atoms with Gasteiger partial charge >= 0.3 is 0 Å². The minimum atomic E-state index is -0.929. The number of rotatable bonds is 4. The van der Waals surface area contributed by atoms with Crippen LogP contribution in [0.5, 0.6) is 0 Å². The summed E-state index contributed by atoms with van der Waals surface area (Å²) in [5.74, 6) is -0.528. The van der Waals surface area contributed by atoms with Gasteiger partial charge in [-0.1, -0.05) is 12.1 Å². The van der Waals surface area contributed by atoms with Crippen molar-refractivity contribution in [2.75, 3.05) is 26.3 Å². The summed E-state index contributed by atoms with van der Waals surface area (Å²) in [6, 6.07) is 7.78. The Balaban J connectivity index is 1.77. The number of aromatic amines is 1. The van der Waals surface area contributed by atoms with Gasteiger partial charge in [-0.15, -0.1) is 0 Å². The van der Waals surface area contributed by atoms with Crippen LogP contribution in [0.2, 0.25) is 0 Å². The van der Waals surface area contributed by atoms with Gasteiger partial charge in [-0.25, -0.2) is 4.39 Å². The van der Waals surface area contributed by atoms with Crippen molar-refractivity contribution in [3.63, 3.8) is 0 Å². The molecule has 3 rings (SSSR count). The number of aliphatic hydroxyl groups is 1. The van der Waals surface area contributed by atoms with E-state index in [4.69, 9.17) is 4.74 Å². The lowest BCUT2D eigenvalue weighted by Crippen LogP contribution is -2.56. The Kier molecular flexibility index (Phi) is 4.40. The molecule has 1 amide bonds. The van der Waals surface area contributed by atoms with Gasteiger partial charge in [-0.3, -0.25) is 9.89 Å². The van der Waals surface area contributed by atoms with E-state index in [2.05, 4.69) is 10.2 Å². The third-order valence-electron chi connectivity index (χ3n) is 3.97. The molecule has 1 aromatic carbocycles. The maximum absolute atomic E-state index is 13.4. The Morgan fingerprint density at radius 1 is 1.48 bits per heavy atom. The normalized spacial score (nSPS) is 21.4. The van der Waals surface area contributed by atoms with Gasteiger partial charge in [-0.05, 0) is 23.8 Å². The molecule has 6 nitrogen and oxygen atoms in total. The lowest BCUT2D eigenvalue weighted by molar-refractivity contribution is -0.123. The molecule has 1 aromatic heterocycles. The van der Waals surface area contributed by atoms with Crippen molar-refractivity contribution in [2.24, 2.45) is 0 Å². The predicted octanol–water partition coefficient (Wildman–Crippen LogP) is 0.995. The summed E-state index contributed by atoms with van der Waals surface area (Å²) in [6.07, 6.45) is 1.84. The van der Waals surface area contributed by atoms with Gasteiger partial charge in [0.25, 0.3) is 5.91 Å². The molecule has 1 aliphatic rings. The van der Waals surface area contributed by atoms with Crippen LogP contribution in [0, 0.1) is 5.82 Å². The van der Waals surface area contributed by atoms with E-state index in [0.717, 1.165) is 5.56 Å². The molecule has 2 aromatic rings. The van der Waals surface area contributed by atoms with Crippen LogP contribution in [0.25, 0.3) is 0 Å². The number of carbonyl (C=O) groups excluding carboxylic acids is 1. The fourth-order valence-corrected chi connectivity index (χ4v) is 2.84. The Hall–Kier alpha value is -2.25. The van der Waals surface area contributed by atoms with E-state index in [1.54, 1.807) is 23.1 Å². The molecule has 0 aliphatic carbocycles. The molecule has 1 atom stereocenters. The van der Waals surface area contributed by atoms with Gasteiger partial charge in [0.1, 0.15) is 17.1 Å². The number of ether oxygens (including phenoxy) is 1. The molecule has 1 saturated heterocycles. The van der Waals surface area contributed by atoms with Crippen LogP contribution >= 0.6 is 0 Å². The quantitative estimate of drug-likeness (QED) is 0.881. The van der Waals surface area contributed by atoms with E-state index >= 15 is 0 Å². The van der Waals surface area contributed by atoms with E-state index in [1.807, 2.05) is 0 Å². The highest BCUT2D eigenvalue weighted by Gasteiger charge is 2.38. The van der Waals surface area contributed by atoms with Crippen molar-refractivity contribution in [3.8, 4) is 0 Å². The first kappa shape index (κ1) is 15.6. The maximum atomic E-state index is 13.4. The minimum absolute atomic E-state index is 0.192. The lowest BCUT2D eigenvalue weighted by atomic mass is 9.93. The molecule has 7 heteroatoms. The zero-order valence-corrected chi connectivity index (χ0v) is 12.5. The van der Waals surface area contributed by atoms with Gasteiger partial charge in [0.2, 0.25) is 0 Å². The van der Waals surface area contributed by atoms with Crippen LogP contribution < -0.4 is 0 Å². The number of carbonyl (C=O) groups is 1. The van der Waals surface area contributed by atoms with Gasteiger partial charge in [0.05, 0.1) is 19.8 Å². The van der Waals surface area contributed by atoms with Crippen LogP contribution in [-0.4, -0.2) is 58.0 Å². The summed E-state index contributed by atoms with van der Waals surface area (Å²) >= 11 is 0. The van der Waals surface area contributed by atoms with Crippen LogP contribution in [0.3, 0.4) is 0 Å². The third kappa shape index (κ3) is 3.40. The maximum Gasteiger partial charge on any atom is 0.272 e. The largest absolute Gasteiger partial charge is 0.393 e. The molecule has 122 valence electrons. The SMILES string of the molecule is O=C(c1ccn[nH]1)N1CCOC(CO)(Cc2cccc(F)c2)C1. The molecule has 0 radical (unpaired) electrons. The second-order valence-corrected chi connectivity index (χ2v) is 5.69. The van der Waals surface area contributed by atoms with Crippen molar-refractivity contribution in [2.45, 2.75) is 12.0 Å². The number of amides is 1. The van der Waals surface area contributed by atoms with Crippen LogP contribution in [-0.2, 0) is 11.2 Å². The van der Waals surface area contributed by atoms with E-state index in [0.29, 0.717) is 25.3 Å². The molecular formula is C16H18FN3O3. The highest BCUT2D eigenvalue weighted by atomic mass is 19.1. The monoisotopic (exact) mass is 319 g/mol. The Labute approximate surface area is 132 Å². The van der Waals surface area contributed by atoms with Gasteiger partial charge in [0, 0.05) is 19.2 Å². The molecule has 1 aliphatic heterocycles. The first-order valence-corrected chi connectivity index (χ1v) is 7.40. The number of H-pyrrole nitrogens is 1. The van der Waals surface area contributed by atoms with Crippen LogP contribution in [0.4, 0.5) is 4.39 Å². The van der Waals surface area contributed by atoms with Crippen molar-refractivity contribution < 1.29 is 19.0 Å². The Morgan fingerprint density at radius 2 is 2.35 bits per heavy atom. The standard InChI is InChI=1S/C16H18FN3O3/c17-13-3-1-2-12(8-13)9-16(11-21)10-20(6-7-23-16)15(22)14-4-5-18-19-14/h1-5,8,21H,6-7,9-11H2,(H,18,19). The van der Waals surface area contributed by atoms with Crippen molar-refractivity contribution >= 4 is 5.91 Å². The van der Waals surface area contributed by atoms with Crippen molar-refractivity contribution in [1.29, 1.82) is 0 Å². The average Bonchev–Trinajstić information content (AvgIpc) is 3.09. The second-order valence-electron chi connectivity index (χ2n) is 5.69. The molecule has 1 fully saturated rings. The van der Waals surface area contributed by atoms with Gasteiger partial charge < -0.3 is 14.7 Å². The summed E-state index contributed by atoms with van der Waals surface area (Å²) in [5, 5.41) is 16.2. The van der Waals surface area contributed by atoms with E-state index in [9.17, 15) is 14.3 Å². The fourth-order valence-electron chi connectivity index (χ4n) is 2.84. The number of halogens is 1. The summed E-state index contributed by atoms with van der Waals surface area (Å²) < 4.78 is 19.1. The second kappa shape index (κ2) is 6.47. The molecule has 0 saturated carbocycles. The van der Waals surface area contributed by atoms with Crippen molar-refractivity contribution in [3.05, 3.63) is 53.6 Å². The molecular weight excluding hydrogens is 301 g/mol. The average molecular weight is 319 g/mol. The summed E-state index contributed by atoms with van der Waals surface area (Å²) in [7, 11) is 0. The molecule has 0 bridgehead atoms. The number of nitrogens with one attached hydrogen (secondary N) is 1. The summed E-state index contributed by atoms with van der Waals surface area (Å²) in [5.41, 5.74) is 0.182. The minimum Gasteiger partial charge on any atom is -0.393 e.